The minimum absolute atomic E-state index is 0.179. The average molecular weight is 415 g/mol. The topological polar surface area (TPSA) is 36.1 Å². The number of carbonyl (C=O) groups is 1. The molecule has 0 atom stereocenters. The first-order chi connectivity index (χ1) is 14.7. The fourth-order valence-corrected chi connectivity index (χ4v) is 4.44. The summed E-state index contributed by atoms with van der Waals surface area (Å²) in [6, 6.07) is 22.6. The second-order valence-corrected chi connectivity index (χ2v) is 8.61. The minimum atomic E-state index is 0.179. The zero-order valence-corrected chi connectivity index (χ0v) is 18.0. The highest BCUT2D eigenvalue weighted by Gasteiger charge is 2.16. The lowest BCUT2D eigenvalue weighted by Gasteiger charge is -2.23. The Morgan fingerprint density at radius 1 is 1.03 bits per heavy atom. The van der Waals surface area contributed by atoms with Gasteiger partial charge in [-0.05, 0) is 42.0 Å². The lowest BCUT2D eigenvalue weighted by molar-refractivity contribution is -0.130. The Labute approximate surface area is 181 Å². The third-order valence-electron chi connectivity index (χ3n) is 5.24. The van der Waals surface area contributed by atoms with E-state index in [2.05, 4.69) is 54.5 Å². The molecular weight excluding hydrogens is 388 g/mol. The summed E-state index contributed by atoms with van der Waals surface area (Å²) >= 11 is 1.64. The van der Waals surface area contributed by atoms with Gasteiger partial charge >= 0.3 is 0 Å². The molecule has 0 spiro atoms. The fourth-order valence-electron chi connectivity index (χ4n) is 3.74. The van der Waals surface area contributed by atoms with E-state index in [1.807, 2.05) is 46.7 Å². The number of carbonyl (C=O) groups excluding carboxylic acids is 1. The maximum Gasteiger partial charge on any atom is 0.228 e. The van der Waals surface area contributed by atoms with Crippen molar-refractivity contribution in [2.75, 3.05) is 13.1 Å². The molecule has 4 aromatic rings. The molecule has 0 unspecified atom stereocenters. The van der Waals surface area contributed by atoms with Crippen LogP contribution in [0.5, 0.6) is 0 Å². The highest BCUT2D eigenvalue weighted by Crippen LogP contribution is 2.19. The number of benzene rings is 2. The van der Waals surface area contributed by atoms with E-state index in [1.54, 1.807) is 11.3 Å². The monoisotopic (exact) mass is 414 g/mol. The number of nitrogens with one attached hydrogen (secondary N) is 1. The molecule has 2 aromatic heterocycles. The van der Waals surface area contributed by atoms with Gasteiger partial charge in [0.25, 0.3) is 0 Å². The molecule has 0 aliphatic heterocycles. The number of thiophene rings is 1. The SMILES string of the molecule is C/C(=C\c1ccccc1)CN(CCc1c[nH]c2ccccc12)C(=O)Cc1cccs1. The molecule has 2 aromatic carbocycles. The van der Waals surface area contributed by atoms with Crippen LogP contribution in [0.15, 0.2) is 83.9 Å². The maximum atomic E-state index is 13.1. The molecule has 152 valence electrons. The van der Waals surface area contributed by atoms with Gasteiger partial charge in [-0.1, -0.05) is 66.2 Å². The zero-order chi connectivity index (χ0) is 20.8. The van der Waals surface area contributed by atoms with Crippen LogP contribution in [0.2, 0.25) is 0 Å². The Morgan fingerprint density at radius 2 is 1.83 bits per heavy atom. The molecule has 0 radical (unpaired) electrons. The van der Waals surface area contributed by atoms with Gasteiger partial charge in [-0.25, -0.2) is 0 Å². The first-order valence-electron chi connectivity index (χ1n) is 10.3. The number of amides is 1. The quantitative estimate of drug-likeness (QED) is 0.380. The largest absolute Gasteiger partial charge is 0.361 e. The van der Waals surface area contributed by atoms with Crippen molar-refractivity contribution in [3.05, 3.63) is 99.9 Å². The van der Waals surface area contributed by atoms with Crippen LogP contribution in [0.4, 0.5) is 0 Å². The summed E-state index contributed by atoms with van der Waals surface area (Å²) in [5.74, 6) is 0.179. The third kappa shape index (κ3) is 5.08. The fraction of sp³-hybridized carbons (Fsp3) is 0.192. The van der Waals surface area contributed by atoms with Crippen LogP contribution in [-0.4, -0.2) is 28.9 Å². The van der Waals surface area contributed by atoms with Gasteiger partial charge in [0.2, 0.25) is 5.91 Å². The molecule has 0 aliphatic carbocycles. The van der Waals surface area contributed by atoms with E-state index in [0.717, 1.165) is 22.4 Å². The van der Waals surface area contributed by atoms with Crippen LogP contribution in [0.25, 0.3) is 17.0 Å². The van der Waals surface area contributed by atoms with Crippen molar-refractivity contribution in [1.29, 1.82) is 0 Å². The number of fused-ring (bicyclic) bond motifs is 1. The molecule has 4 rings (SSSR count). The van der Waals surface area contributed by atoms with Crippen LogP contribution in [0, 0.1) is 0 Å². The molecule has 0 fully saturated rings. The Kier molecular flexibility index (Phi) is 6.45. The van der Waals surface area contributed by atoms with Gasteiger partial charge in [0.15, 0.2) is 0 Å². The Morgan fingerprint density at radius 3 is 2.63 bits per heavy atom. The van der Waals surface area contributed by atoms with E-state index >= 15 is 0 Å². The summed E-state index contributed by atoms with van der Waals surface area (Å²) in [7, 11) is 0. The first kappa shape index (κ1) is 20.2. The van der Waals surface area contributed by atoms with Crippen LogP contribution in [0.3, 0.4) is 0 Å². The summed E-state index contributed by atoms with van der Waals surface area (Å²) in [5.41, 5.74) is 4.74. The lowest BCUT2D eigenvalue weighted by atomic mass is 10.1. The van der Waals surface area contributed by atoms with Crippen LogP contribution < -0.4 is 0 Å². The summed E-state index contributed by atoms with van der Waals surface area (Å²) < 4.78 is 0. The van der Waals surface area contributed by atoms with E-state index in [0.29, 0.717) is 19.5 Å². The minimum Gasteiger partial charge on any atom is -0.361 e. The van der Waals surface area contributed by atoms with Gasteiger partial charge in [0, 0.05) is 35.1 Å². The van der Waals surface area contributed by atoms with Crippen molar-refractivity contribution in [3.63, 3.8) is 0 Å². The summed E-state index contributed by atoms with van der Waals surface area (Å²) in [6.45, 7) is 3.44. The van der Waals surface area contributed by atoms with Gasteiger partial charge in [-0.15, -0.1) is 11.3 Å². The smallest absolute Gasteiger partial charge is 0.228 e. The van der Waals surface area contributed by atoms with E-state index in [-0.39, 0.29) is 5.91 Å². The maximum absolute atomic E-state index is 13.1. The molecule has 30 heavy (non-hydrogen) atoms. The highest BCUT2D eigenvalue weighted by molar-refractivity contribution is 7.10. The summed E-state index contributed by atoms with van der Waals surface area (Å²) in [5, 5.41) is 3.26. The number of hydrogen-bond acceptors (Lipinski definition) is 2. The molecular formula is C26H26N2OS. The molecule has 0 saturated carbocycles. The number of rotatable bonds is 8. The van der Waals surface area contributed by atoms with E-state index in [4.69, 9.17) is 0 Å². The number of nitrogens with zero attached hydrogens (tertiary/aromatic N) is 1. The normalized spacial score (nSPS) is 11.7. The second kappa shape index (κ2) is 9.59. The molecule has 3 nitrogen and oxygen atoms in total. The van der Waals surface area contributed by atoms with Crippen molar-refractivity contribution >= 4 is 34.2 Å². The zero-order valence-electron chi connectivity index (χ0n) is 17.2. The van der Waals surface area contributed by atoms with Gasteiger partial charge in [-0.2, -0.15) is 0 Å². The number of aromatic amines is 1. The third-order valence-corrected chi connectivity index (χ3v) is 6.11. The highest BCUT2D eigenvalue weighted by atomic mass is 32.1. The van der Waals surface area contributed by atoms with Gasteiger partial charge in [0.05, 0.1) is 6.42 Å². The first-order valence-corrected chi connectivity index (χ1v) is 11.1. The average Bonchev–Trinajstić information content (AvgIpc) is 3.41. The number of aromatic nitrogens is 1. The molecule has 1 N–H and O–H groups in total. The van der Waals surface area contributed by atoms with Crippen molar-refractivity contribution in [2.24, 2.45) is 0 Å². The van der Waals surface area contributed by atoms with E-state index < -0.39 is 0 Å². The number of para-hydroxylation sites is 1. The molecule has 0 aliphatic rings. The Balaban J connectivity index is 1.50. The molecule has 0 bridgehead atoms. The van der Waals surface area contributed by atoms with Crippen molar-refractivity contribution in [1.82, 2.24) is 9.88 Å². The number of hydrogen-bond donors (Lipinski definition) is 1. The predicted molar refractivity (Wildman–Crippen MR) is 127 cm³/mol. The summed E-state index contributed by atoms with van der Waals surface area (Å²) in [6.07, 6.45) is 5.53. The van der Waals surface area contributed by atoms with Crippen molar-refractivity contribution in [3.8, 4) is 0 Å². The molecule has 4 heteroatoms. The van der Waals surface area contributed by atoms with Crippen LogP contribution in [0.1, 0.15) is 22.9 Å². The number of H-pyrrole nitrogens is 1. The van der Waals surface area contributed by atoms with Crippen molar-refractivity contribution < 1.29 is 4.79 Å². The van der Waals surface area contributed by atoms with Gasteiger partial charge in [-0.3, -0.25) is 4.79 Å². The standard InChI is InChI=1S/C26H26N2OS/c1-20(16-21-8-3-2-4-9-21)19-28(26(29)17-23-10-7-15-30-23)14-13-22-18-27-25-12-6-5-11-24(22)25/h2-12,15-16,18,27H,13-14,17,19H2,1H3/b20-16+. The molecule has 0 saturated heterocycles. The molecule has 1 amide bonds. The lowest BCUT2D eigenvalue weighted by Crippen LogP contribution is -2.35. The van der Waals surface area contributed by atoms with Gasteiger partial charge in [0.1, 0.15) is 0 Å². The molecule has 2 heterocycles. The summed E-state index contributed by atoms with van der Waals surface area (Å²) in [4.78, 5) is 19.6. The Hall–Kier alpha value is -3.11. The second-order valence-electron chi connectivity index (χ2n) is 7.58. The van der Waals surface area contributed by atoms with E-state index in [1.165, 1.54) is 16.5 Å². The Bertz CT molecular complexity index is 1130. The van der Waals surface area contributed by atoms with E-state index in [9.17, 15) is 4.79 Å². The van der Waals surface area contributed by atoms with Crippen LogP contribution >= 0.6 is 11.3 Å². The predicted octanol–water partition coefficient (Wildman–Crippen LogP) is 5.95. The van der Waals surface area contributed by atoms with Crippen LogP contribution in [-0.2, 0) is 17.6 Å². The van der Waals surface area contributed by atoms with Crippen molar-refractivity contribution in [2.45, 2.75) is 19.8 Å². The van der Waals surface area contributed by atoms with Gasteiger partial charge < -0.3 is 9.88 Å².